The number of rotatable bonds is 7. The van der Waals surface area contributed by atoms with Crippen molar-refractivity contribution in [3.05, 3.63) is 65.5 Å². The molecule has 1 unspecified atom stereocenters. The SMILES string of the molecule is COc1cccc(CCNC(C)Cc2cccc(F)c2)c1. The molecule has 2 rings (SSSR count). The zero-order chi connectivity index (χ0) is 15.1. The van der Waals surface area contributed by atoms with Crippen LogP contribution in [0.2, 0.25) is 0 Å². The van der Waals surface area contributed by atoms with Gasteiger partial charge in [-0.3, -0.25) is 0 Å². The lowest BCUT2D eigenvalue weighted by atomic mass is 10.1. The predicted octanol–water partition coefficient (Wildman–Crippen LogP) is 3.60. The molecule has 0 aliphatic rings. The molecule has 3 heteroatoms. The van der Waals surface area contributed by atoms with E-state index in [2.05, 4.69) is 24.4 Å². The van der Waals surface area contributed by atoms with E-state index in [1.807, 2.05) is 18.2 Å². The number of methoxy groups -OCH3 is 1. The van der Waals surface area contributed by atoms with Crippen molar-refractivity contribution in [3.63, 3.8) is 0 Å². The molecule has 0 spiro atoms. The van der Waals surface area contributed by atoms with Gasteiger partial charge in [0.2, 0.25) is 0 Å². The number of benzene rings is 2. The first-order chi connectivity index (χ1) is 10.2. The Hall–Kier alpha value is -1.87. The Kier molecular flexibility index (Phi) is 5.76. The molecule has 1 atom stereocenters. The van der Waals surface area contributed by atoms with Crippen molar-refractivity contribution in [3.8, 4) is 5.75 Å². The van der Waals surface area contributed by atoms with E-state index in [0.717, 1.165) is 30.7 Å². The van der Waals surface area contributed by atoms with Gasteiger partial charge in [-0.1, -0.05) is 24.3 Å². The minimum absolute atomic E-state index is 0.170. The molecule has 0 saturated carbocycles. The second-order valence-corrected chi connectivity index (χ2v) is 5.29. The van der Waals surface area contributed by atoms with E-state index < -0.39 is 0 Å². The van der Waals surface area contributed by atoms with Crippen LogP contribution >= 0.6 is 0 Å². The first kappa shape index (κ1) is 15.5. The molecular formula is C18H22FNO. The maximum Gasteiger partial charge on any atom is 0.123 e. The molecular weight excluding hydrogens is 265 g/mol. The first-order valence-corrected chi connectivity index (χ1v) is 7.28. The van der Waals surface area contributed by atoms with Gasteiger partial charge in [0, 0.05) is 6.04 Å². The molecule has 0 radical (unpaired) electrons. The Morgan fingerprint density at radius 1 is 1.10 bits per heavy atom. The van der Waals surface area contributed by atoms with Gasteiger partial charge in [0.1, 0.15) is 11.6 Å². The zero-order valence-corrected chi connectivity index (χ0v) is 12.6. The fourth-order valence-corrected chi connectivity index (χ4v) is 2.38. The third-order valence-corrected chi connectivity index (χ3v) is 3.47. The molecule has 0 fully saturated rings. The second-order valence-electron chi connectivity index (χ2n) is 5.29. The van der Waals surface area contributed by atoms with E-state index in [4.69, 9.17) is 4.74 Å². The lowest BCUT2D eigenvalue weighted by Crippen LogP contribution is -2.30. The van der Waals surface area contributed by atoms with E-state index >= 15 is 0 Å². The van der Waals surface area contributed by atoms with Crippen LogP contribution in [0, 0.1) is 5.82 Å². The fraction of sp³-hybridized carbons (Fsp3) is 0.333. The molecule has 21 heavy (non-hydrogen) atoms. The molecule has 0 saturated heterocycles. The van der Waals surface area contributed by atoms with E-state index in [-0.39, 0.29) is 5.82 Å². The highest BCUT2D eigenvalue weighted by Gasteiger charge is 2.04. The lowest BCUT2D eigenvalue weighted by molar-refractivity contribution is 0.414. The maximum absolute atomic E-state index is 13.1. The standard InChI is InChI=1S/C18H22FNO/c1-14(11-16-6-3-7-17(19)12-16)20-10-9-15-5-4-8-18(13-15)21-2/h3-8,12-14,20H,9-11H2,1-2H3. The first-order valence-electron chi connectivity index (χ1n) is 7.28. The fourth-order valence-electron chi connectivity index (χ4n) is 2.38. The van der Waals surface area contributed by atoms with E-state index in [1.54, 1.807) is 19.2 Å². The summed E-state index contributed by atoms with van der Waals surface area (Å²) in [6.45, 7) is 3.01. The molecule has 2 nitrogen and oxygen atoms in total. The third kappa shape index (κ3) is 5.20. The van der Waals surface area contributed by atoms with Gasteiger partial charge in [-0.25, -0.2) is 4.39 Å². The van der Waals surface area contributed by atoms with Gasteiger partial charge in [0.25, 0.3) is 0 Å². The van der Waals surface area contributed by atoms with Crippen LogP contribution in [0.3, 0.4) is 0 Å². The van der Waals surface area contributed by atoms with Crippen LogP contribution in [0.15, 0.2) is 48.5 Å². The Bertz CT molecular complexity index is 571. The van der Waals surface area contributed by atoms with Crippen LogP contribution in [0.1, 0.15) is 18.1 Å². The highest BCUT2D eigenvalue weighted by Crippen LogP contribution is 2.12. The van der Waals surface area contributed by atoms with Crippen molar-refractivity contribution in [2.75, 3.05) is 13.7 Å². The Balaban J connectivity index is 1.77. The van der Waals surface area contributed by atoms with Crippen LogP contribution in [0.5, 0.6) is 5.75 Å². The van der Waals surface area contributed by atoms with Crippen molar-refractivity contribution < 1.29 is 9.13 Å². The van der Waals surface area contributed by atoms with Crippen LogP contribution in [0.25, 0.3) is 0 Å². The predicted molar refractivity (Wildman–Crippen MR) is 84.3 cm³/mol. The number of hydrogen-bond acceptors (Lipinski definition) is 2. The van der Waals surface area contributed by atoms with Gasteiger partial charge in [0.15, 0.2) is 0 Å². The highest BCUT2D eigenvalue weighted by molar-refractivity contribution is 5.28. The molecule has 0 amide bonds. The molecule has 0 aromatic heterocycles. The van der Waals surface area contributed by atoms with Crippen molar-refractivity contribution in [2.24, 2.45) is 0 Å². The summed E-state index contributed by atoms with van der Waals surface area (Å²) in [5.41, 5.74) is 2.27. The van der Waals surface area contributed by atoms with Gasteiger partial charge in [0.05, 0.1) is 7.11 Å². The molecule has 2 aromatic rings. The summed E-state index contributed by atoms with van der Waals surface area (Å²) in [6, 6.07) is 15.2. The second kappa shape index (κ2) is 7.79. The number of halogens is 1. The summed E-state index contributed by atoms with van der Waals surface area (Å²) in [4.78, 5) is 0. The molecule has 0 bridgehead atoms. The number of hydrogen-bond donors (Lipinski definition) is 1. The maximum atomic E-state index is 13.1. The molecule has 0 aliphatic carbocycles. The summed E-state index contributed by atoms with van der Waals surface area (Å²) in [7, 11) is 1.68. The van der Waals surface area contributed by atoms with Crippen molar-refractivity contribution in [1.82, 2.24) is 5.32 Å². The molecule has 0 aliphatic heterocycles. The molecule has 1 N–H and O–H groups in total. The average molecular weight is 287 g/mol. The third-order valence-electron chi connectivity index (χ3n) is 3.47. The van der Waals surface area contributed by atoms with Crippen LogP contribution in [-0.2, 0) is 12.8 Å². The van der Waals surface area contributed by atoms with Crippen molar-refractivity contribution >= 4 is 0 Å². The smallest absolute Gasteiger partial charge is 0.123 e. The topological polar surface area (TPSA) is 21.3 Å². The molecule has 0 heterocycles. The Morgan fingerprint density at radius 2 is 1.86 bits per heavy atom. The summed E-state index contributed by atoms with van der Waals surface area (Å²) in [5.74, 6) is 0.719. The van der Waals surface area contributed by atoms with Crippen molar-refractivity contribution in [1.29, 1.82) is 0 Å². The molecule has 112 valence electrons. The quantitative estimate of drug-likeness (QED) is 0.840. The van der Waals surface area contributed by atoms with Crippen LogP contribution in [0.4, 0.5) is 4.39 Å². The number of nitrogens with one attached hydrogen (secondary N) is 1. The largest absolute Gasteiger partial charge is 0.497 e. The summed E-state index contributed by atoms with van der Waals surface area (Å²) >= 11 is 0. The molecule has 2 aromatic carbocycles. The van der Waals surface area contributed by atoms with Gasteiger partial charge in [-0.15, -0.1) is 0 Å². The van der Waals surface area contributed by atoms with Gasteiger partial charge < -0.3 is 10.1 Å². The van der Waals surface area contributed by atoms with Gasteiger partial charge >= 0.3 is 0 Å². The Labute approximate surface area is 126 Å². The zero-order valence-electron chi connectivity index (χ0n) is 12.6. The van der Waals surface area contributed by atoms with E-state index in [0.29, 0.717) is 6.04 Å². The van der Waals surface area contributed by atoms with E-state index in [1.165, 1.54) is 11.6 Å². The van der Waals surface area contributed by atoms with Crippen molar-refractivity contribution in [2.45, 2.75) is 25.8 Å². The summed E-state index contributed by atoms with van der Waals surface area (Å²) in [6.07, 6.45) is 1.78. The number of ether oxygens (including phenoxy) is 1. The normalized spacial score (nSPS) is 12.1. The van der Waals surface area contributed by atoms with Crippen LogP contribution in [-0.4, -0.2) is 19.7 Å². The highest BCUT2D eigenvalue weighted by atomic mass is 19.1. The minimum Gasteiger partial charge on any atom is -0.497 e. The monoisotopic (exact) mass is 287 g/mol. The van der Waals surface area contributed by atoms with E-state index in [9.17, 15) is 4.39 Å². The van der Waals surface area contributed by atoms with Gasteiger partial charge in [-0.2, -0.15) is 0 Å². The summed E-state index contributed by atoms with van der Waals surface area (Å²) < 4.78 is 18.3. The lowest BCUT2D eigenvalue weighted by Gasteiger charge is -2.14. The van der Waals surface area contributed by atoms with Crippen LogP contribution < -0.4 is 10.1 Å². The van der Waals surface area contributed by atoms with Gasteiger partial charge in [-0.05, 0) is 61.7 Å². The Morgan fingerprint density at radius 3 is 2.62 bits per heavy atom. The minimum atomic E-state index is -0.170. The average Bonchev–Trinajstić information content (AvgIpc) is 2.47. The summed E-state index contributed by atoms with van der Waals surface area (Å²) in [5, 5.41) is 3.47.